The van der Waals surface area contributed by atoms with Gasteiger partial charge in [-0.1, -0.05) is 90.9 Å². The van der Waals surface area contributed by atoms with Crippen LogP contribution in [0.4, 0.5) is 0 Å². The molecular formula is C25H48N2O. The molecule has 1 heterocycles. The third-order valence-corrected chi connectivity index (χ3v) is 5.58. The zero-order valence-electron chi connectivity index (χ0n) is 19.0. The number of hydrogen-bond acceptors (Lipinski definition) is 2. The molecule has 0 saturated carbocycles. The summed E-state index contributed by atoms with van der Waals surface area (Å²) in [5, 5.41) is 0. The van der Waals surface area contributed by atoms with Crippen LogP contribution in [0.5, 0.6) is 0 Å². The van der Waals surface area contributed by atoms with E-state index in [1.54, 1.807) is 0 Å². The Morgan fingerprint density at radius 1 is 0.679 bits per heavy atom. The number of aryl methyl sites for hydroxylation is 1. The van der Waals surface area contributed by atoms with Crippen LogP contribution in [-0.4, -0.2) is 22.8 Å². The summed E-state index contributed by atoms with van der Waals surface area (Å²) in [6.45, 7) is 7.64. The smallest absolute Gasteiger partial charge is 0.0945 e. The van der Waals surface area contributed by atoms with Crippen LogP contribution in [0.1, 0.15) is 117 Å². The van der Waals surface area contributed by atoms with Gasteiger partial charge in [0.1, 0.15) is 0 Å². The van der Waals surface area contributed by atoms with Crippen molar-refractivity contribution in [3.63, 3.8) is 0 Å². The quantitative estimate of drug-likeness (QED) is 0.200. The minimum absolute atomic E-state index is 0.812. The third-order valence-electron chi connectivity index (χ3n) is 5.58. The van der Waals surface area contributed by atoms with Crippen molar-refractivity contribution >= 4 is 0 Å². The first kappa shape index (κ1) is 25.2. The number of aromatic nitrogens is 2. The molecule has 0 spiro atoms. The highest BCUT2D eigenvalue weighted by Crippen LogP contribution is 2.13. The van der Waals surface area contributed by atoms with E-state index >= 15 is 0 Å². The van der Waals surface area contributed by atoms with Crippen LogP contribution < -0.4 is 0 Å². The second kappa shape index (κ2) is 19.5. The second-order valence-electron chi connectivity index (χ2n) is 8.90. The molecule has 0 atom stereocenters. The van der Waals surface area contributed by atoms with Gasteiger partial charge in [0.25, 0.3) is 0 Å². The molecule has 3 nitrogen and oxygen atoms in total. The van der Waals surface area contributed by atoms with Crippen molar-refractivity contribution in [1.29, 1.82) is 0 Å². The van der Waals surface area contributed by atoms with E-state index in [1.165, 1.54) is 103 Å². The average Bonchev–Trinajstić information content (AvgIpc) is 3.19. The lowest BCUT2D eigenvalue weighted by Gasteiger charge is -2.06. The van der Waals surface area contributed by atoms with Crippen molar-refractivity contribution in [3.8, 4) is 0 Å². The molecular weight excluding hydrogens is 344 g/mol. The Bertz CT molecular complexity index is 403. The standard InChI is InChI=1S/C25H48N2O/c1-25(2)18-17-23-28-22-16-14-12-10-8-6-4-3-5-7-9-11-13-15-20-27-21-19-26-24-27/h19,21,24-25H,3-18,20,22-23H2,1-2H3. The van der Waals surface area contributed by atoms with Crippen molar-refractivity contribution in [2.24, 2.45) is 5.92 Å². The molecule has 0 aliphatic heterocycles. The molecule has 0 saturated heterocycles. The summed E-state index contributed by atoms with van der Waals surface area (Å²) in [7, 11) is 0. The van der Waals surface area contributed by atoms with Gasteiger partial charge in [0, 0.05) is 32.2 Å². The van der Waals surface area contributed by atoms with Gasteiger partial charge in [-0.05, 0) is 31.6 Å². The highest BCUT2D eigenvalue weighted by molar-refractivity contribution is 4.73. The van der Waals surface area contributed by atoms with E-state index in [0.717, 1.165) is 25.7 Å². The van der Waals surface area contributed by atoms with Crippen molar-refractivity contribution in [2.45, 2.75) is 123 Å². The number of ether oxygens (including phenoxy) is 1. The molecule has 1 aromatic rings. The number of nitrogens with zero attached hydrogens (tertiary/aromatic N) is 2. The summed E-state index contributed by atoms with van der Waals surface area (Å²) in [6.07, 6.45) is 27.9. The lowest BCUT2D eigenvalue weighted by Crippen LogP contribution is -1.99. The molecule has 0 aliphatic rings. The molecule has 164 valence electrons. The fourth-order valence-corrected chi connectivity index (χ4v) is 3.73. The zero-order chi connectivity index (χ0) is 20.1. The Hall–Kier alpha value is -0.830. The minimum Gasteiger partial charge on any atom is -0.381 e. The molecule has 0 aromatic carbocycles. The van der Waals surface area contributed by atoms with Crippen LogP contribution in [0, 0.1) is 5.92 Å². The predicted octanol–water partition coefficient (Wildman–Crippen LogP) is 7.80. The Kier molecular flexibility index (Phi) is 17.5. The molecule has 1 aromatic heterocycles. The molecule has 1 rings (SSSR count). The SMILES string of the molecule is CC(C)CCCOCCCCCCCCCCCCCCCCn1ccnc1. The first-order chi connectivity index (χ1) is 13.8. The topological polar surface area (TPSA) is 27.1 Å². The van der Waals surface area contributed by atoms with Gasteiger partial charge in [0.05, 0.1) is 6.33 Å². The molecule has 28 heavy (non-hydrogen) atoms. The van der Waals surface area contributed by atoms with Crippen molar-refractivity contribution in [2.75, 3.05) is 13.2 Å². The van der Waals surface area contributed by atoms with Crippen LogP contribution in [-0.2, 0) is 11.3 Å². The first-order valence-corrected chi connectivity index (χ1v) is 12.3. The molecule has 0 unspecified atom stereocenters. The van der Waals surface area contributed by atoms with E-state index in [2.05, 4.69) is 29.6 Å². The molecule has 0 bridgehead atoms. The summed E-state index contributed by atoms with van der Waals surface area (Å²) in [5.74, 6) is 0.812. The van der Waals surface area contributed by atoms with Gasteiger partial charge in [-0.3, -0.25) is 0 Å². The Balaban J connectivity index is 1.65. The van der Waals surface area contributed by atoms with Gasteiger partial charge in [0.2, 0.25) is 0 Å². The maximum absolute atomic E-state index is 5.71. The largest absolute Gasteiger partial charge is 0.381 e. The molecule has 0 amide bonds. The number of imidazole rings is 1. The molecule has 0 radical (unpaired) electrons. The van der Waals surface area contributed by atoms with Crippen LogP contribution in [0.3, 0.4) is 0 Å². The summed E-state index contributed by atoms with van der Waals surface area (Å²) >= 11 is 0. The van der Waals surface area contributed by atoms with Gasteiger partial charge in [-0.2, -0.15) is 0 Å². The number of hydrogen-bond donors (Lipinski definition) is 0. The highest BCUT2D eigenvalue weighted by atomic mass is 16.5. The first-order valence-electron chi connectivity index (χ1n) is 12.3. The molecule has 0 aliphatic carbocycles. The maximum atomic E-state index is 5.71. The lowest BCUT2D eigenvalue weighted by molar-refractivity contribution is 0.124. The van der Waals surface area contributed by atoms with E-state index in [-0.39, 0.29) is 0 Å². The monoisotopic (exact) mass is 392 g/mol. The number of unbranched alkanes of at least 4 members (excludes halogenated alkanes) is 13. The van der Waals surface area contributed by atoms with Gasteiger partial charge < -0.3 is 9.30 Å². The highest BCUT2D eigenvalue weighted by Gasteiger charge is 1.96. The zero-order valence-corrected chi connectivity index (χ0v) is 19.0. The van der Waals surface area contributed by atoms with Crippen molar-refractivity contribution in [1.82, 2.24) is 9.55 Å². The molecule has 0 fully saturated rings. The summed E-state index contributed by atoms with van der Waals surface area (Å²) in [4.78, 5) is 4.09. The lowest BCUT2D eigenvalue weighted by atomic mass is 10.0. The van der Waals surface area contributed by atoms with Crippen LogP contribution in [0.25, 0.3) is 0 Å². The Morgan fingerprint density at radius 2 is 1.18 bits per heavy atom. The van der Waals surface area contributed by atoms with Gasteiger partial charge >= 0.3 is 0 Å². The summed E-state index contributed by atoms with van der Waals surface area (Å²) in [6, 6.07) is 0. The average molecular weight is 393 g/mol. The van der Waals surface area contributed by atoms with E-state index in [9.17, 15) is 0 Å². The molecule has 3 heteroatoms. The fourth-order valence-electron chi connectivity index (χ4n) is 3.73. The van der Waals surface area contributed by atoms with Crippen molar-refractivity contribution < 1.29 is 4.74 Å². The molecule has 0 N–H and O–H groups in total. The predicted molar refractivity (Wildman–Crippen MR) is 122 cm³/mol. The maximum Gasteiger partial charge on any atom is 0.0945 e. The fraction of sp³-hybridized carbons (Fsp3) is 0.880. The number of rotatable bonds is 21. The minimum atomic E-state index is 0.812. The van der Waals surface area contributed by atoms with E-state index in [0.29, 0.717) is 0 Å². The second-order valence-corrected chi connectivity index (χ2v) is 8.90. The van der Waals surface area contributed by atoms with E-state index in [4.69, 9.17) is 4.74 Å². The third kappa shape index (κ3) is 17.3. The Morgan fingerprint density at radius 3 is 1.68 bits per heavy atom. The van der Waals surface area contributed by atoms with Gasteiger partial charge in [0.15, 0.2) is 0 Å². The van der Waals surface area contributed by atoms with E-state index < -0.39 is 0 Å². The van der Waals surface area contributed by atoms with Crippen molar-refractivity contribution in [3.05, 3.63) is 18.7 Å². The Labute approximate surface area is 175 Å². The van der Waals surface area contributed by atoms with Crippen LogP contribution >= 0.6 is 0 Å². The normalized spacial score (nSPS) is 11.5. The van der Waals surface area contributed by atoms with Crippen LogP contribution in [0.15, 0.2) is 18.7 Å². The van der Waals surface area contributed by atoms with E-state index in [1.807, 2.05) is 12.5 Å². The van der Waals surface area contributed by atoms with Gasteiger partial charge in [-0.25, -0.2) is 4.98 Å². The van der Waals surface area contributed by atoms with Gasteiger partial charge in [-0.15, -0.1) is 0 Å². The summed E-state index contributed by atoms with van der Waals surface area (Å²) < 4.78 is 7.89. The summed E-state index contributed by atoms with van der Waals surface area (Å²) in [5.41, 5.74) is 0. The van der Waals surface area contributed by atoms with Crippen LogP contribution in [0.2, 0.25) is 0 Å².